The summed E-state index contributed by atoms with van der Waals surface area (Å²) in [5.74, 6) is -0.464. The molecule has 1 fully saturated rings. The predicted molar refractivity (Wildman–Crippen MR) is 107 cm³/mol. The summed E-state index contributed by atoms with van der Waals surface area (Å²) in [4.78, 5) is 43.1. The van der Waals surface area contributed by atoms with E-state index in [4.69, 9.17) is 4.74 Å². The van der Waals surface area contributed by atoms with Crippen molar-refractivity contribution in [1.29, 1.82) is 0 Å². The topological polar surface area (TPSA) is 82.2 Å². The zero-order valence-corrected chi connectivity index (χ0v) is 16.7. The summed E-state index contributed by atoms with van der Waals surface area (Å²) in [6.07, 6.45) is 2.80. The molecule has 0 saturated carbocycles. The van der Waals surface area contributed by atoms with Crippen molar-refractivity contribution < 1.29 is 19.1 Å². The summed E-state index contributed by atoms with van der Waals surface area (Å²) >= 11 is 0. The second-order valence-electron chi connectivity index (χ2n) is 7.38. The van der Waals surface area contributed by atoms with Crippen LogP contribution in [0.5, 0.6) is 0 Å². The van der Waals surface area contributed by atoms with Gasteiger partial charge in [-0.2, -0.15) is 0 Å². The lowest BCUT2D eigenvalue weighted by atomic mass is 9.95. The van der Waals surface area contributed by atoms with Gasteiger partial charge in [-0.3, -0.25) is 19.3 Å². The number of carbonyl (C=O) groups excluding carboxylic acids is 3. The number of hydrogen-bond donors (Lipinski definition) is 1. The van der Waals surface area contributed by atoms with Crippen LogP contribution in [0, 0.1) is 0 Å². The van der Waals surface area contributed by atoms with Crippen molar-refractivity contribution in [1.82, 2.24) is 10.2 Å². The first-order valence-electron chi connectivity index (χ1n) is 9.63. The van der Waals surface area contributed by atoms with Gasteiger partial charge in [0.2, 0.25) is 11.8 Å². The fraction of sp³-hybridized carbons (Fsp3) is 0.550. The second kappa shape index (κ2) is 8.60. The highest BCUT2D eigenvalue weighted by Gasteiger charge is 2.40. The Morgan fingerprint density at radius 3 is 2.75 bits per heavy atom. The Morgan fingerprint density at radius 1 is 1.25 bits per heavy atom. The van der Waals surface area contributed by atoms with Gasteiger partial charge in [0.1, 0.15) is 12.6 Å². The largest absolute Gasteiger partial charge is 0.383 e. The van der Waals surface area contributed by atoms with E-state index in [0.29, 0.717) is 24.4 Å². The summed E-state index contributed by atoms with van der Waals surface area (Å²) in [6, 6.07) is 5.16. The molecule has 0 spiro atoms. The molecule has 0 bridgehead atoms. The van der Waals surface area contributed by atoms with E-state index >= 15 is 0 Å². The first-order valence-corrected chi connectivity index (χ1v) is 9.63. The van der Waals surface area contributed by atoms with Gasteiger partial charge in [-0.1, -0.05) is 0 Å². The Morgan fingerprint density at radius 2 is 2.04 bits per heavy atom. The molecule has 8 heteroatoms. The molecule has 0 unspecified atom stereocenters. The molecule has 1 aromatic rings. The van der Waals surface area contributed by atoms with Crippen LogP contribution in [0.3, 0.4) is 0 Å². The third kappa shape index (κ3) is 3.96. The van der Waals surface area contributed by atoms with Crippen molar-refractivity contribution in [2.75, 3.05) is 57.2 Å². The van der Waals surface area contributed by atoms with Crippen LogP contribution in [0.15, 0.2) is 18.2 Å². The maximum atomic E-state index is 13.2. The minimum absolute atomic E-state index is 0.0699. The zero-order chi connectivity index (χ0) is 20.3. The highest BCUT2D eigenvalue weighted by molar-refractivity contribution is 6.09. The Balaban J connectivity index is 1.94. The lowest BCUT2D eigenvalue weighted by Crippen LogP contribution is -2.57. The number of carbonyl (C=O) groups is 3. The molecule has 8 nitrogen and oxygen atoms in total. The summed E-state index contributed by atoms with van der Waals surface area (Å²) < 4.78 is 4.95. The lowest BCUT2D eigenvalue weighted by molar-refractivity contribution is -0.125. The van der Waals surface area contributed by atoms with Gasteiger partial charge in [-0.05, 0) is 37.5 Å². The monoisotopic (exact) mass is 388 g/mol. The van der Waals surface area contributed by atoms with Gasteiger partial charge in [0.05, 0.1) is 18.0 Å². The molecular formula is C20H28N4O4. The first kappa shape index (κ1) is 20.1. The van der Waals surface area contributed by atoms with Gasteiger partial charge in [-0.15, -0.1) is 0 Å². The Labute approximate surface area is 165 Å². The van der Waals surface area contributed by atoms with E-state index in [1.165, 1.54) is 9.80 Å². The number of fused-ring (bicyclic) bond motifs is 3. The Kier molecular flexibility index (Phi) is 6.18. The highest BCUT2D eigenvalue weighted by Crippen LogP contribution is 2.40. The maximum absolute atomic E-state index is 13.2. The van der Waals surface area contributed by atoms with Crippen LogP contribution in [-0.4, -0.2) is 76.1 Å². The van der Waals surface area contributed by atoms with Crippen LogP contribution < -0.4 is 15.1 Å². The number of piperidine rings is 1. The van der Waals surface area contributed by atoms with E-state index in [1.807, 2.05) is 6.07 Å². The number of ether oxygens (including phenoxy) is 1. The number of rotatable bonds is 6. The lowest BCUT2D eigenvalue weighted by Gasteiger charge is -2.45. The maximum Gasteiger partial charge on any atom is 0.253 e. The SMILES string of the molecule is COCCNC(=O)CN1C(=O)[C@@H]2CCCCN2c2ccc(C(=O)N(C)C)cc21. The third-order valence-electron chi connectivity index (χ3n) is 5.21. The van der Waals surface area contributed by atoms with E-state index in [-0.39, 0.29) is 30.3 Å². The van der Waals surface area contributed by atoms with E-state index in [0.717, 1.165) is 31.5 Å². The van der Waals surface area contributed by atoms with Crippen LogP contribution in [0.1, 0.15) is 29.6 Å². The smallest absolute Gasteiger partial charge is 0.253 e. The van der Waals surface area contributed by atoms with Crippen LogP contribution >= 0.6 is 0 Å². The van der Waals surface area contributed by atoms with E-state index in [2.05, 4.69) is 10.2 Å². The third-order valence-corrected chi connectivity index (χ3v) is 5.21. The standard InChI is InChI=1S/C20H28N4O4/c1-22(2)19(26)14-7-8-15-17(12-14)24(13-18(25)21-9-11-28-3)20(27)16-6-4-5-10-23(15)16/h7-8,12,16H,4-6,9-11,13H2,1-3H3,(H,21,25)/t16-/m0/s1. The fourth-order valence-electron chi connectivity index (χ4n) is 3.80. The van der Waals surface area contributed by atoms with Crippen molar-refractivity contribution in [2.45, 2.75) is 25.3 Å². The van der Waals surface area contributed by atoms with Gasteiger partial charge in [-0.25, -0.2) is 0 Å². The molecule has 2 aliphatic heterocycles. The van der Waals surface area contributed by atoms with Gasteiger partial charge < -0.3 is 19.9 Å². The number of benzene rings is 1. The Hall–Kier alpha value is -2.61. The predicted octanol–water partition coefficient (Wildman–Crippen LogP) is 0.857. The second-order valence-corrected chi connectivity index (χ2v) is 7.38. The molecule has 3 rings (SSSR count). The minimum atomic E-state index is -0.247. The van der Waals surface area contributed by atoms with Crippen LogP contribution in [-0.2, 0) is 14.3 Å². The molecule has 1 atom stereocenters. The molecule has 1 N–H and O–H groups in total. The molecule has 1 saturated heterocycles. The Bertz CT molecular complexity index is 765. The quantitative estimate of drug-likeness (QED) is 0.731. The summed E-state index contributed by atoms with van der Waals surface area (Å²) in [5, 5.41) is 2.76. The number of nitrogens with one attached hydrogen (secondary N) is 1. The number of anilines is 2. The molecule has 2 aliphatic rings. The molecule has 28 heavy (non-hydrogen) atoms. The number of hydrogen-bond acceptors (Lipinski definition) is 5. The van der Waals surface area contributed by atoms with E-state index in [1.54, 1.807) is 33.3 Å². The number of methoxy groups -OCH3 is 1. The minimum Gasteiger partial charge on any atom is -0.383 e. The molecule has 3 amide bonds. The van der Waals surface area contributed by atoms with Crippen LogP contribution in [0.25, 0.3) is 0 Å². The van der Waals surface area contributed by atoms with Gasteiger partial charge in [0, 0.05) is 39.9 Å². The van der Waals surface area contributed by atoms with E-state index < -0.39 is 0 Å². The molecule has 152 valence electrons. The van der Waals surface area contributed by atoms with Gasteiger partial charge >= 0.3 is 0 Å². The van der Waals surface area contributed by atoms with Crippen molar-refractivity contribution in [3.05, 3.63) is 23.8 Å². The number of nitrogens with zero attached hydrogens (tertiary/aromatic N) is 3. The van der Waals surface area contributed by atoms with Crippen molar-refractivity contribution in [3.63, 3.8) is 0 Å². The summed E-state index contributed by atoms with van der Waals surface area (Å²) in [5.41, 5.74) is 2.03. The highest BCUT2D eigenvalue weighted by atomic mass is 16.5. The normalized spacial score (nSPS) is 18.4. The molecule has 1 aromatic carbocycles. The van der Waals surface area contributed by atoms with Crippen molar-refractivity contribution in [2.24, 2.45) is 0 Å². The fourth-order valence-corrected chi connectivity index (χ4v) is 3.80. The van der Waals surface area contributed by atoms with Gasteiger partial charge in [0.15, 0.2) is 0 Å². The molecule has 0 aliphatic carbocycles. The van der Waals surface area contributed by atoms with Crippen molar-refractivity contribution >= 4 is 29.1 Å². The molecular weight excluding hydrogens is 360 g/mol. The zero-order valence-electron chi connectivity index (χ0n) is 16.7. The van der Waals surface area contributed by atoms with E-state index in [9.17, 15) is 14.4 Å². The average molecular weight is 388 g/mol. The number of amides is 3. The molecule has 0 aromatic heterocycles. The molecule has 2 heterocycles. The molecule has 0 radical (unpaired) electrons. The van der Waals surface area contributed by atoms with Crippen LogP contribution in [0.2, 0.25) is 0 Å². The van der Waals surface area contributed by atoms with Crippen LogP contribution in [0.4, 0.5) is 11.4 Å². The van der Waals surface area contributed by atoms with Crippen molar-refractivity contribution in [3.8, 4) is 0 Å². The summed E-state index contributed by atoms with van der Waals surface area (Å²) in [7, 11) is 4.95. The first-order chi connectivity index (χ1) is 13.4. The average Bonchev–Trinajstić information content (AvgIpc) is 2.70. The summed E-state index contributed by atoms with van der Waals surface area (Å²) in [6.45, 7) is 1.53. The van der Waals surface area contributed by atoms with Gasteiger partial charge in [0.25, 0.3) is 5.91 Å².